The number of ether oxygens (including phenoxy) is 1. The zero-order valence-electron chi connectivity index (χ0n) is 18.2. The molecule has 8 heteroatoms. The molecule has 30 heavy (non-hydrogen) atoms. The first-order chi connectivity index (χ1) is 14.4. The molecule has 1 fully saturated rings. The van der Waals surface area contributed by atoms with E-state index in [1.165, 1.54) is 38.1 Å². The summed E-state index contributed by atoms with van der Waals surface area (Å²) in [6, 6.07) is 0. The number of allylic oxidation sites excluding steroid dienone is 1. The first-order valence-electron chi connectivity index (χ1n) is 10.4. The van der Waals surface area contributed by atoms with E-state index in [1.807, 2.05) is 13.0 Å². The molecule has 1 N–H and O–H groups in total. The maximum Gasteiger partial charge on any atom is 0.339 e. The molecule has 162 valence electrons. The molecule has 0 unspecified atom stereocenters. The number of Topliss-reactive ketones (excluding diaryl/α,β-unsaturated/α-hetero) is 1. The molecule has 1 saturated carbocycles. The van der Waals surface area contributed by atoms with Crippen LogP contribution in [0.15, 0.2) is 17.8 Å². The summed E-state index contributed by atoms with van der Waals surface area (Å²) in [6.45, 7) is 9.88. The van der Waals surface area contributed by atoms with Gasteiger partial charge in [0, 0.05) is 18.2 Å². The molecule has 1 atom stereocenters. The van der Waals surface area contributed by atoms with Crippen LogP contribution < -0.4 is 0 Å². The van der Waals surface area contributed by atoms with Gasteiger partial charge in [-0.15, -0.1) is 16.8 Å². The number of nitrogens with zero attached hydrogens (tertiary/aromatic N) is 3. The van der Waals surface area contributed by atoms with Crippen LogP contribution in [-0.4, -0.2) is 43.9 Å². The number of aryl methyl sites for hydroxylation is 1. The van der Waals surface area contributed by atoms with Gasteiger partial charge in [0.25, 0.3) is 0 Å². The highest BCUT2D eigenvalue weighted by atomic mass is 32.2. The fraction of sp³-hybridized carbons (Fsp3) is 0.545. The van der Waals surface area contributed by atoms with Gasteiger partial charge in [-0.2, -0.15) is 0 Å². The average molecular weight is 431 g/mol. The number of H-pyrrole nitrogens is 1. The van der Waals surface area contributed by atoms with Crippen molar-refractivity contribution in [1.29, 1.82) is 0 Å². The Hall–Kier alpha value is -2.35. The number of ketones is 1. The van der Waals surface area contributed by atoms with Gasteiger partial charge in [-0.1, -0.05) is 37.1 Å². The van der Waals surface area contributed by atoms with E-state index < -0.39 is 5.97 Å². The highest BCUT2D eigenvalue weighted by molar-refractivity contribution is 8.00. The molecule has 0 radical (unpaired) electrons. The van der Waals surface area contributed by atoms with Crippen molar-refractivity contribution in [3.63, 3.8) is 0 Å². The molecule has 0 saturated heterocycles. The average Bonchev–Trinajstić information content (AvgIpc) is 3.28. The summed E-state index contributed by atoms with van der Waals surface area (Å²) in [6.07, 6.45) is 7.82. The molecule has 0 aromatic carbocycles. The number of methoxy groups -OCH3 is 1. The van der Waals surface area contributed by atoms with Gasteiger partial charge in [0.1, 0.15) is 5.82 Å². The number of hydrogen-bond donors (Lipinski definition) is 1. The van der Waals surface area contributed by atoms with Crippen molar-refractivity contribution in [1.82, 2.24) is 19.7 Å². The summed E-state index contributed by atoms with van der Waals surface area (Å²) in [5.74, 6) is 0.894. The minimum atomic E-state index is -0.441. The minimum absolute atomic E-state index is 0.0804. The molecule has 1 aliphatic carbocycles. The zero-order chi connectivity index (χ0) is 21.8. The van der Waals surface area contributed by atoms with Gasteiger partial charge >= 0.3 is 5.97 Å². The number of carbonyl (C=O) groups is 2. The van der Waals surface area contributed by atoms with Gasteiger partial charge in [-0.25, -0.2) is 4.79 Å². The molecular formula is C22H30N4O3S. The first-order valence-corrected chi connectivity index (χ1v) is 11.3. The van der Waals surface area contributed by atoms with E-state index in [4.69, 9.17) is 4.74 Å². The minimum Gasteiger partial charge on any atom is -0.465 e. The summed E-state index contributed by atoms with van der Waals surface area (Å²) in [5.41, 5.74) is 2.12. The van der Waals surface area contributed by atoms with Gasteiger partial charge in [-0.3, -0.25) is 4.79 Å². The van der Waals surface area contributed by atoms with Crippen LogP contribution in [0.2, 0.25) is 0 Å². The van der Waals surface area contributed by atoms with E-state index in [0.717, 1.165) is 23.8 Å². The Bertz CT molecular complexity index is 941. The first kappa shape index (κ1) is 22.3. The molecule has 0 aliphatic heterocycles. The largest absolute Gasteiger partial charge is 0.465 e. The van der Waals surface area contributed by atoms with Crippen molar-refractivity contribution in [2.75, 3.05) is 7.11 Å². The molecule has 2 aromatic heterocycles. The number of rotatable bonds is 8. The number of hydrogen-bond acceptors (Lipinski definition) is 6. The molecule has 2 aromatic rings. The third-order valence-electron chi connectivity index (χ3n) is 5.75. The lowest BCUT2D eigenvalue weighted by molar-refractivity contribution is 0.0599. The zero-order valence-corrected chi connectivity index (χ0v) is 19.0. The Labute approximate surface area is 181 Å². The molecular weight excluding hydrogens is 400 g/mol. The molecule has 7 nitrogen and oxygen atoms in total. The summed E-state index contributed by atoms with van der Waals surface area (Å²) < 4.78 is 6.93. The third kappa shape index (κ3) is 4.38. The maximum absolute atomic E-state index is 13.1. The fourth-order valence-electron chi connectivity index (χ4n) is 4.17. The Kier molecular flexibility index (Phi) is 7.18. The lowest BCUT2D eigenvalue weighted by Gasteiger charge is -2.21. The maximum atomic E-state index is 13.1. The number of thioether (sulfide) groups is 1. The number of esters is 1. The van der Waals surface area contributed by atoms with Crippen LogP contribution in [0, 0.1) is 13.8 Å². The summed E-state index contributed by atoms with van der Waals surface area (Å²) in [4.78, 5) is 28.2. The SMILES string of the molecule is C=CCn1c(S[C@@H](C)C(=O)c2[nH]c(C)c(C(=O)OC)c2C)nnc1C1CCCCC1. The molecule has 0 bridgehead atoms. The lowest BCUT2D eigenvalue weighted by atomic mass is 9.89. The predicted molar refractivity (Wildman–Crippen MR) is 117 cm³/mol. The van der Waals surface area contributed by atoms with Crippen LogP contribution in [0.3, 0.4) is 0 Å². The van der Waals surface area contributed by atoms with E-state index in [2.05, 4.69) is 26.3 Å². The van der Waals surface area contributed by atoms with E-state index in [9.17, 15) is 9.59 Å². The summed E-state index contributed by atoms with van der Waals surface area (Å²) in [5, 5.41) is 9.22. The van der Waals surface area contributed by atoms with Gasteiger partial charge in [0.2, 0.25) is 0 Å². The smallest absolute Gasteiger partial charge is 0.339 e. The Morgan fingerprint density at radius 3 is 2.63 bits per heavy atom. The Balaban J connectivity index is 1.83. The van der Waals surface area contributed by atoms with Crippen molar-refractivity contribution in [3.8, 4) is 0 Å². The Morgan fingerprint density at radius 1 is 1.30 bits per heavy atom. The highest BCUT2D eigenvalue weighted by Crippen LogP contribution is 2.34. The highest BCUT2D eigenvalue weighted by Gasteiger charge is 2.28. The molecule has 2 heterocycles. The topological polar surface area (TPSA) is 89.9 Å². The third-order valence-corrected chi connectivity index (χ3v) is 6.83. The van der Waals surface area contributed by atoms with Crippen molar-refractivity contribution >= 4 is 23.5 Å². The molecule has 0 amide bonds. The quantitative estimate of drug-likeness (QED) is 0.285. The molecule has 3 rings (SSSR count). The monoisotopic (exact) mass is 430 g/mol. The van der Waals surface area contributed by atoms with Crippen LogP contribution in [0.25, 0.3) is 0 Å². The second-order valence-electron chi connectivity index (χ2n) is 7.82. The van der Waals surface area contributed by atoms with Gasteiger partial charge < -0.3 is 14.3 Å². The van der Waals surface area contributed by atoms with E-state index in [0.29, 0.717) is 35.0 Å². The number of aromatic amines is 1. The lowest BCUT2D eigenvalue weighted by Crippen LogP contribution is -2.17. The number of carbonyl (C=O) groups excluding carboxylic acids is 2. The molecule has 0 spiro atoms. The number of aromatic nitrogens is 4. The van der Waals surface area contributed by atoms with Crippen molar-refractivity contribution in [2.45, 2.75) is 75.7 Å². The Morgan fingerprint density at radius 2 is 2.00 bits per heavy atom. The number of nitrogens with one attached hydrogen (secondary N) is 1. The van der Waals surface area contributed by atoms with Gasteiger partial charge in [-0.05, 0) is 39.2 Å². The van der Waals surface area contributed by atoms with Crippen LogP contribution >= 0.6 is 11.8 Å². The van der Waals surface area contributed by atoms with Crippen LogP contribution in [0.1, 0.15) is 82.9 Å². The van der Waals surface area contributed by atoms with Crippen molar-refractivity contribution in [2.24, 2.45) is 0 Å². The van der Waals surface area contributed by atoms with Gasteiger partial charge in [0.15, 0.2) is 10.9 Å². The van der Waals surface area contributed by atoms with Crippen molar-refractivity contribution in [3.05, 3.63) is 41.0 Å². The van der Waals surface area contributed by atoms with E-state index in [1.54, 1.807) is 13.8 Å². The summed E-state index contributed by atoms with van der Waals surface area (Å²) >= 11 is 1.39. The predicted octanol–water partition coefficient (Wildman–Crippen LogP) is 4.61. The normalized spacial score (nSPS) is 15.7. The van der Waals surface area contributed by atoms with Crippen LogP contribution in [0.5, 0.6) is 0 Å². The second kappa shape index (κ2) is 9.64. The molecule has 1 aliphatic rings. The van der Waals surface area contributed by atoms with Crippen molar-refractivity contribution < 1.29 is 14.3 Å². The van der Waals surface area contributed by atoms with Crippen LogP contribution in [-0.2, 0) is 11.3 Å². The fourth-order valence-corrected chi connectivity index (χ4v) is 5.09. The van der Waals surface area contributed by atoms with E-state index in [-0.39, 0.29) is 11.0 Å². The van der Waals surface area contributed by atoms with Crippen LogP contribution in [0.4, 0.5) is 0 Å². The summed E-state index contributed by atoms with van der Waals surface area (Å²) in [7, 11) is 1.34. The second-order valence-corrected chi connectivity index (χ2v) is 9.12. The standard InChI is InChI=1S/C22H30N4O3S/c1-6-12-26-20(16-10-8-7-9-11-16)24-25-22(26)30-15(4)19(27)18-13(2)17(14(3)23-18)21(28)29-5/h6,15-16,23H,1,7-12H2,2-5H3/t15-/m0/s1. The van der Waals surface area contributed by atoms with E-state index >= 15 is 0 Å². The van der Waals surface area contributed by atoms with Gasteiger partial charge in [0.05, 0.1) is 23.6 Å².